The van der Waals surface area contributed by atoms with Crippen molar-refractivity contribution in [1.82, 2.24) is 9.71 Å². The first-order valence-electron chi connectivity index (χ1n) is 8.47. The number of benzene rings is 1. The SMILES string of the molecule is CC(C)C(C)S(=O)NC(c1ccccc1)C(C)(C)c1ccccn1. The summed E-state index contributed by atoms with van der Waals surface area (Å²) in [5.41, 5.74) is 1.81. The smallest absolute Gasteiger partial charge is 0.0952 e. The molecule has 3 unspecified atom stereocenters. The number of rotatable bonds is 7. The van der Waals surface area contributed by atoms with Gasteiger partial charge in [0.25, 0.3) is 0 Å². The molecule has 3 atom stereocenters. The Morgan fingerprint density at radius 2 is 1.62 bits per heavy atom. The van der Waals surface area contributed by atoms with Gasteiger partial charge in [-0.1, -0.05) is 64.1 Å². The molecule has 0 bridgehead atoms. The zero-order valence-electron chi connectivity index (χ0n) is 15.2. The van der Waals surface area contributed by atoms with Gasteiger partial charge in [-0.05, 0) is 30.5 Å². The number of pyridine rings is 1. The Kier molecular flexibility index (Phi) is 6.30. The number of nitrogens with zero attached hydrogens (tertiary/aromatic N) is 1. The molecule has 4 heteroatoms. The van der Waals surface area contributed by atoms with Gasteiger partial charge in [-0.2, -0.15) is 0 Å². The maximum Gasteiger partial charge on any atom is 0.0952 e. The van der Waals surface area contributed by atoms with E-state index in [1.807, 2.05) is 49.5 Å². The highest BCUT2D eigenvalue weighted by Crippen LogP contribution is 2.36. The second kappa shape index (κ2) is 8.04. The van der Waals surface area contributed by atoms with Gasteiger partial charge in [-0.15, -0.1) is 0 Å². The summed E-state index contributed by atoms with van der Waals surface area (Å²) in [7, 11) is -1.12. The van der Waals surface area contributed by atoms with Gasteiger partial charge < -0.3 is 0 Å². The van der Waals surface area contributed by atoms with Crippen molar-refractivity contribution in [1.29, 1.82) is 0 Å². The summed E-state index contributed by atoms with van der Waals surface area (Å²) in [6.45, 7) is 10.5. The third-order valence-electron chi connectivity index (χ3n) is 4.69. The van der Waals surface area contributed by atoms with E-state index >= 15 is 0 Å². The third-order valence-corrected chi connectivity index (χ3v) is 6.38. The van der Waals surface area contributed by atoms with E-state index in [-0.39, 0.29) is 16.7 Å². The van der Waals surface area contributed by atoms with Gasteiger partial charge in [0.05, 0.1) is 17.0 Å². The van der Waals surface area contributed by atoms with E-state index in [2.05, 4.69) is 49.5 Å². The van der Waals surface area contributed by atoms with Crippen LogP contribution in [0.5, 0.6) is 0 Å². The first-order valence-corrected chi connectivity index (χ1v) is 9.68. The van der Waals surface area contributed by atoms with Crippen molar-refractivity contribution in [3.63, 3.8) is 0 Å². The normalized spacial score (nSPS) is 15.9. The Labute approximate surface area is 148 Å². The molecule has 1 N–H and O–H groups in total. The van der Waals surface area contributed by atoms with Gasteiger partial charge in [0.2, 0.25) is 0 Å². The molecule has 0 radical (unpaired) electrons. The number of aromatic nitrogens is 1. The van der Waals surface area contributed by atoms with Crippen molar-refractivity contribution in [2.24, 2.45) is 5.92 Å². The molecule has 0 spiro atoms. The lowest BCUT2D eigenvalue weighted by atomic mass is 9.78. The first-order chi connectivity index (χ1) is 11.3. The standard InChI is InChI=1S/C20H28N2OS/c1-15(2)16(3)24(23)22-19(17-11-7-6-8-12-17)20(4,5)18-13-9-10-14-21-18/h6-16,19,22H,1-5H3. The van der Waals surface area contributed by atoms with Crippen LogP contribution in [0.25, 0.3) is 0 Å². The van der Waals surface area contributed by atoms with Gasteiger partial charge in [-0.25, -0.2) is 8.93 Å². The summed E-state index contributed by atoms with van der Waals surface area (Å²) >= 11 is 0. The number of nitrogens with one attached hydrogen (secondary N) is 1. The summed E-state index contributed by atoms with van der Waals surface area (Å²) in [4.78, 5) is 4.55. The lowest BCUT2D eigenvalue weighted by Gasteiger charge is -2.35. The van der Waals surface area contributed by atoms with E-state index in [1.165, 1.54) is 0 Å². The highest BCUT2D eigenvalue weighted by Gasteiger charge is 2.35. The second-order valence-electron chi connectivity index (χ2n) is 7.14. The average molecular weight is 345 g/mol. The van der Waals surface area contributed by atoms with E-state index in [0.717, 1.165) is 11.3 Å². The molecular weight excluding hydrogens is 316 g/mol. The fraction of sp³-hybridized carbons (Fsp3) is 0.450. The predicted octanol–water partition coefficient (Wildman–Crippen LogP) is 4.40. The van der Waals surface area contributed by atoms with Crippen molar-refractivity contribution >= 4 is 11.0 Å². The van der Waals surface area contributed by atoms with Crippen LogP contribution in [0.4, 0.5) is 0 Å². The molecule has 3 nitrogen and oxygen atoms in total. The monoisotopic (exact) mass is 344 g/mol. The van der Waals surface area contributed by atoms with E-state index < -0.39 is 11.0 Å². The van der Waals surface area contributed by atoms with Crippen LogP contribution in [0.2, 0.25) is 0 Å². The zero-order valence-corrected chi connectivity index (χ0v) is 16.0. The molecule has 0 aliphatic carbocycles. The topological polar surface area (TPSA) is 42.0 Å². The van der Waals surface area contributed by atoms with Crippen LogP contribution >= 0.6 is 0 Å². The Bertz CT molecular complexity index is 656. The molecular formula is C20H28N2OS. The van der Waals surface area contributed by atoms with E-state index in [0.29, 0.717) is 5.92 Å². The van der Waals surface area contributed by atoms with Crippen LogP contribution in [0.1, 0.15) is 51.9 Å². The lowest BCUT2D eigenvalue weighted by molar-refractivity contribution is 0.383. The minimum Gasteiger partial charge on any atom is -0.261 e. The summed E-state index contributed by atoms with van der Waals surface area (Å²) in [6.07, 6.45) is 1.81. The second-order valence-corrected chi connectivity index (χ2v) is 8.72. The van der Waals surface area contributed by atoms with Crippen molar-refractivity contribution < 1.29 is 4.21 Å². The van der Waals surface area contributed by atoms with Crippen LogP contribution in [0, 0.1) is 5.92 Å². The van der Waals surface area contributed by atoms with Gasteiger partial charge in [0.1, 0.15) is 0 Å². The highest BCUT2D eigenvalue weighted by atomic mass is 32.2. The number of hydrogen-bond donors (Lipinski definition) is 1. The molecule has 1 aromatic heterocycles. The molecule has 1 heterocycles. The molecule has 0 amide bonds. The van der Waals surface area contributed by atoms with Crippen molar-refractivity contribution in [3.05, 3.63) is 66.0 Å². The largest absolute Gasteiger partial charge is 0.261 e. The van der Waals surface area contributed by atoms with E-state index in [1.54, 1.807) is 0 Å². The Hall–Kier alpha value is -1.52. The quantitative estimate of drug-likeness (QED) is 0.809. The molecule has 0 aliphatic rings. The number of hydrogen-bond acceptors (Lipinski definition) is 2. The minimum absolute atomic E-state index is 0.0794. The average Bonchev–Trinajstić information content (AvgIpc) is 2.60. The first kappa shape index (κ1) is 18.8. The van der Waals surface area contributed by atoms with Crippen LogP contribution in [-0.4, -0.2) is 14.4 Å². The van der Waals surface area contributed by atoms with E-state index in [9.17, 15) is 4.21 Å². The van der Waals surface area contributed by atoms with E-state index in [4.69, 9.17) is 0 Å². The molecule has 0 fully saturated rings. The maximum absolute atomic E-state index is 12.8. The van der Waals surface area contributed by atoms with Gasteiger partial charge in [-0.3, -0.25) is 4.98 Å². The van der Waals surface area contributed by atoms with Crippen molar-refractivity contribution in [2.45, 2.75) is 51.3 Å². The Morgan fingerprint density at radius 3 is 2.17 bits per heavy atom. The predicted molar refractivity (Wildman–Crippen MR) is 102 cm³/mol. The minimum atomic E-state index is -1.12. The lowest BCUT2D eigenvalue weighted by Crippen LogP contribution is -2.42. The van der Waals surface area contributed by atoms with Crippen LogP contribution < -0.4 is 4.72 Å². The van der Waals surface area contributed by atoms with Crippen molar-refractivity contribution in [3.8, 4) is 0 Å². The molecule has 1 aromatic carbocycles. The third kappa shape index (κ3) is 4.31. The van der Waals surface area contributed by atoms with Crippen molar-refractivity contribution in [2.75, 3.05) is 0 Å². The molecule has 0 saturated heterocycles. The summed E-state index contributed by atoms with van der Waals surface area (Å²) < 4.78 is 16.2. The van der Waals surface area contributed by atoms with Crippen LogP contribution in [0.15, 0.2) is 54.7 Å². The molecule has 0 aliphatic heterocycles. The summed E-state index contributed by atoms with van der Waals surface area (Å²) in [5, 5.41) is 0.0794. The molecule has 2 rings (SSSR count). The summed E-state index contributed by atoms with van der Waals surface area (Å²) in [6, 6.07) is 16.1. The van der Waals surface area contributed by atoms with Gasteiger partial charge in [0.15, 0.2) is 0 Å². The summed E-state index contributed by atoms with van der Waals surface area (Å²) in [5.74, 6) is 0.354. The Morgan fingerprint density at radius 1 is 1.00 bits per heavy atom. The Balaban J connectivity index is 2.39. The molecule has 2 aromatic rings. The maximum atomic E-state index is 12.8. The zero-order chi connectivity index (χ0) is 17.7. The van der Waals surface area contributed by atoms with Gasteiger partial charge in [0, 0.05) is 22.6 Å². The highest BCUT2D eigenvalue weighted by molar-refractivity contribution is 7.83. The van der Waals surface area contributed by atoms with Crippen LogP contribution in [0.3, 0.4) is 0 Å². The molecule has 130 valence electrons. The fourth-order valence-electron chi connectivity index (χ4n) is 2.64. The fourth-order valence-corrected chi connectivity index (χ4v) is 4.01. The van der Waals surface area contributed by atoms with Crippen LogP contribution in [-0.2, 0) is 16.4 Å². The molecule has 24 heavy (non-hydrogen) atoms. The molecule has 0 saturated carbocycles. The van der Waals surface area contributed by atoms with Gasteiger partial charge >= 0.3 is 0 Å².